The van der Waals surface area contributed by atoms with Crippen molar-refractivity contribution in [2.75, 3.05) is 13.2 Å². The van der Waals surface area contributed by atoms with Gasteiger partial charge in [0.15, 0.2) is 6.10 Å². The number of allylic oxidation sites excluding steroid dienone is 14. The van der Waals surface area contributed by atoms with Crippen molar-refractivity contribution in [3.8, 4) is 0 Å². The first-order chi connectivity index (χ1) is 29.5. The monoisotopic (exact) mass is 835 g/mol. The fraction of sp³-hybridized carbons (Fsp3) is 0.685. The van der Waals surface area contributed by atoms with Crippen LogP contribution in [-0.2, 0) is 28.6 Å². The van der Waals surface area contributed by atoms with Crippen molar-refractivity contribution in [2.45, 2.75) is 226 Å². The number of rotatable bonds is 43. The minimum Gasteiger partial charge on any atom is -0.462 e. The van der Waals surface area contributed by atoms with E-state index in [0.717, 1.165) is 122 Å². The molecule has 6 heteroatoms. The van der Waals surface area contributed by atoms with Crippen molar-refractivity contribution >= 4 is 17.9 Å². The molecule has 1 atom stereocenters. The number of carbonyl (C=O) groups is 3. The highest BCUT2D eigenvalue weighted by Gasteiger charge is 2.19. The van der Waals surface area contributed by atoms with Gasteiger partial charge in [-0.05, 0) is 89.9 Å². The van der Waals surface area contributed by atoms with Crippen LogP contribution in [0.4, 0.5) is 0 Å². The molecule has 0 bridgehead atoms. The van der Waals surface area contributed by atoms with Crippen LogP contribution in [0.15, 0.2) is 85.1 Å². The highest BCUT2D eigenvalue weighted by Crippen LogP contribution is 2.13. The fourth-order valence-electron chi connectivity index (χ4n) is 6.47. The van der Waals surface area contributed by atoms with Crippen LogP contribution in [0.3, 0.4) is 0 Å². The van der Waals surface area contributed by atoms with Crippen LogP contribution >= 0.6 is 0 Å². The molecule has 0 N–H and O–H groups in total. The Kier molecular flexibility index (Phi) is 45.5. The number of esters is 3. The lowest BCUT2D eigenvalue weighted by molar-refractivity contribution is -0.167. The highest BCUT2D eigenvalue weighted by molar-refractivity contribution is 5.71. The van der Waals surface area contributed by atoms with Crippen LogP contribution in [0.5, 0.6) is 0 Å². The lowest BCUT2D eigenvalue weighted by atomic mass is 10.1. The molecule has 6 nitrogen and oxygen atoms in total. The molecule has 0 amide bonds. The molecule has 0 aromatic carbocycles. The van der Waals surface area contributed by atoms with Crippen LogP contribution in [0.2, 0.25) is 0 Å². The van der Waals surface area contributed by atoms with Gasteiger partial charge in [-0.1, -0.05) is 196 Å². The largest absolute Gasteiger partial charge is 0.462 e. The zero-order valence-electron chi connectivity index (χ0n) is 38.9. The number of unbranched alkanes of at least 4 members (excludes halogenated alkanes) is 21. The minimum atomic E-state index is -0.794. The highest BCUT2D eigenvalue weighted by atomic mass is 16.6. The average molecular weight is 835 g/mol. The number of hydrogen-bond acceptors (Lipinski definition) is 6. The molecule has 0 aliphatic carbocycles. The Labute approximate surface area is 369 Å². The van der Waals surface area contributed by atoms with Gasteiger partial charge in [0.1, 0.15) is 13.2 Å². The van der Waals surface area contributed by atoms with Gasteiger partial charge in [-0.2, -0.15) is 0 Å². The number of carbonyl (C=O) groups excluding carboxylic acids is 3. The Hall–Kier alpha value is -3.41. The zero-order chi connectivity index (χ0) is 43.7. The fourth-order valence-corrected chi connectivity index (χ4v) is 6.47. The summed E-state index contributed by atoms with van der Waals surface area (Å²) in [6.07, 6.45) is 61.3. The van der Waals surface area contributed by atoms with Gasteiger partial charge < -0.3 is 14.2 Å². The maximum absolute atomic E-state index is 12.8. The van der Waals surface area contributed by atoms with E-state index >= 15 is 0 Å². The van der Waals surface area contributed by atoms with E-state index in [-0.39, 0.29) is 31.1 Å². The van der Waals surface area contributed by atoms with Gasteiger partial charge in [0.05, 0.1) is 0 Å². The van der Waals surface area contributed by atoms with E-state index < -0.39 is 6.10 Å². The van der Waals surface area contributed by atoms with E-state index in [1.54, 1.807) is 0 Å². The molecule has 0 fully saturated rings. The molecule has 0 radical (unpaired) electrons. The van der Waals surface area contributed by atoms with Gasteiger partial charge in [0.2, 0.25) is 0 Å². The molecular weight excluding hydrogens is 745 g/mol. The molecule has 0 heterocycles. The molecule has 0 saturated carbocycles. The summed E-state index contributed by atoms with van der Waals surface area (Å²) in [7, 11) is 0. The third-order valence-corrected chi connectivity index (χ3v) is 10.2. The van der Waals surface area contributed by atoms with E-state index in [4.69, 9.17) is 14.2 Å². The van der Waals surface area contributed by atoms with E-state index in [1.807, 2.05) is 0 Å². The van der Waals surface area contributed by atoms with Crippen molar-refractivity contribution in [1.29, 1.82) is 0 Å². The SMILES string of the molecule is CC/C=C\C/C=C\CCCCCCCCCC(=O)OC(COC(=O)CCCCCC/C=C\CCCC)COC(=O)CCCCCCC\C=C/C=C\C=C/C=C\CCCCC. The molecule has 342 valence electrons. The molecule has 0 aliphatic heterocycles. The van der Waals surface area contributed by atoms with Gasteiger partial charge in [-0.25, -0.2) is 0 Å². The third-order valence-electron chi connectivity index (χ3n) is 10.2. The maximum Gasteiger partial charge on any atom is 0.306 e. The van der Waals surface area contributed by atoms with Crippen LogP contribution in [0, 0.1) is 0 Å². The van der Waals surface area contributed by atoms with Gasteiger partial charge in [-0.15, -0.1) is 0 Å². The Bertz CT molecular complexity index is 1190. The number of ether oxygens (including phenoxy) is 3. The zero-order valence-corrected chi connectivity index (χ0v) is 38.9. The second kappa shape index (κ2) is 48.3. The molecule has 60 heavy (non-hydrogen) atoms. The Balaban J connectivity index is 4.43. The normalized spacial score (nSPS) is 12.8. The lowest BCUT2D eigenvalue weighted by Gasteiger charge is -2.18. The minimum absolute atomic E-state index is 0.0947. The predicted molar refractivity (Wildman–Crippen MR) is 256 cm³/mol. The smallest absolute Gasteiger partial charge is 0.306 e. The third kappa shape index (κ3) is 45.7. The first-order valence-electron chi connectivity index (χ1n) is 24.6. The van der Waals surface area contributed by atoms with Crippen molar-refractivity contribution in [3.63, 3.8) is 0 Å². The van der Waals surface area contributed by atoms with Gasteiger partial charge in [0.25, 0.3) is 0 Å². The Morgan fingerprint density at radius 3 is 1.22 bits per heavy atom. The molecule has 1 unspecified atom stereocenters. The molecule has 0 aromatic heterocycles. The summed E-state index contributed by atoms with van der Waals surface area (Å²) in [6, 6.07) is 0. The first-order valence-corrected chi connectivity index (χ1v) is 24.6. The summed E-state index contributed by atoms with van der Waals surface area (Å²) in [5, 5.41) is 0. The van der Waals surface area contributed by atoms with Crippen molar-refractivity contribution < 1.29 is 28.6 Å². The molecular formula is C54H90O6. The van der Waals surface area contributed by atoms with E-state index in [2.05, 4.69) is 106 Å². The van der Waals surface area contributed by atoms with Gasteiger partial charge in [-0.3, -0.25) is 14.4 Å². The first kappa shape index (κ1) is 56.6. The van der Waals surface area contributed by atoms with E-state index in [0.29, 0.717) is 19.3 Å². The Morgan fingerprint density at radius 2 is 0.733 bits per heavy atom. The molecule has 0 aromatic rings. The summed E-state index contributed by atoms with van der Waals surface area (Å²) >= 11 is 0. The molecule has 0 aliphatic rings. The predicted octanol–water partition coefficient (Wildman–Crippen LogP) is 16.0. The van der Waals surface area contributed by atoms with Crippen molar-refractivity contribution in [2.24, 2.45) is 0 Å². The van der Waals surface area contributed by atoms with Crippen molar-refractivity contribution in [3.05, 3.63) is 85.1 Å². The van der Waals surface area contributed by atoms with E-state index in [9.17, 15) is 14.4 Å². The second-order valence-corrected chi connectivity index (χ2v) is 16.1. The van der Waals surface area contributed by atoms with E-state index in [1.165, 1.54) is 57.8 Å². The number of hydrogen-bond donors (Lipinski definition) is 0. The molecule has 0 saturated heterocycles. The maximum atomic E-state index is 12.8. The average Bonchev–Trinajstić information content (AvgIpc) is 3.24. The molecule has 0 spiro atoms. The Morgan fingerprint density at radius 1 is 0.367 bits per heavy atom. The summed E-state index contributed by atoms with van der Waals surface area (Å²) < 4.78 is 16.7. The van der Waals surface area contributed by atoms with Crippen LogP contribution in [0.1, 0.15) is 220 Å². The van der Waals surface area contributed by atoms with Crippen molar-refractivity contribution in [1.82, 2.24) is 0 Å². The van der Waals surface area contributed by atoms with Crippen LogP contribution in [-0.4, -0.2) is 37.2 Å². The standard InChI is InChI=1S/C54H90O6/c1-4-7-10-13-16-19-22-24-26-27-28-29-31-32-35-38-41-44-47-53(56)59-50-51(49-58-52(55)46-43-40-37-34-21-18-15-12-9-6-3)60-54(57)48-45-42-39-36-33-30-25-23-20-17-14-11-8-5-2/h8,11,15-20,22,24,26-29,51H,4-7,9-10,12-14,21,23,25,30-50H2,1-3H3/b11-8-,18-15-,19-16-,20-17-,24-22-,27-26-,29-28-. The quantitative estimate of drug-likeness (QED) is 0.0200. The van der Waals surface area contributed by atoms with Gasteiger partial charge >= 0.3 is 17.9 Å². The summed E-state index contributed by atoms with van der Waals surface area (Å²) in [4.78, 5) is 37.8. The molecule has 0 rings (SSSR count). The lowest BCUT2D eigenvalue weighted by Crippen LogP contribution is -2.30. The topological polar surface area (TPSA) is 78.9 Å². The second-order valence-electron chi connectivity index (χ2n) is 16.1. The summed E-state index contributed by atoms with van der Waals surface area (Å²) in [5.74, 6) is -0.943. The summed E-state index contributed by atoms with van der Waals surface area (Å²) in [5.41, 5.74) is 0. The van der Waals surface area contributed by atoms with Crippen LogP contribution in [0.25, 0.3) is 0 Å². The van der Waals surface area contributed by atoms with Gasteiger partial charge in [0, 0.05) is 19.3 Å². The van der Waals surface area contributed by atoms with Crippen LogP contribution < -0.4 is 0 Å². The summed E-state index contributed by atoms with van der Waals surface area (Å²) in [6.45, 7) is 6.40.